The number of hydrogen-bond acceptors (Lipinski definition) is 3. The van der Waals surface area contributed by atoms with Crippen LogP contribution in [0.25, 0.3) is 0 Å². The van der Waals surface area contributed by atoms with Crippen molar-refractivity contribution in [2.24, 2.45) is 10.7 Å². The molecule has 0 aliphatic carbocycles. The zero-order valence-electron chi connectivity index (χ0n) is 13.4. The Balaban J connectivity index is 1.73. The van der Waals surface area contributed by atoms with Crippen LogP contribution in [-0.4, -0.2) is 23.7 Å². The number of rotatable bonds is 2. The largest absolute Gasteiger partial charge is 0.320 e. The van der Waals surface area contributed by atoms with Crippen molar-refractivity contribution in [3.05, 3.63) is 58.6 Å². The van der Waals surface area contributed by atoms with Crippen molar-refractivity contribution >= 4 is 34.6 Å². The first-order valence-electron chi connectivity index (χ1n) is 8.07. The van der Waals surface area contributed by atoms with Crippen LogP contribution < -0.4 is 10.6 Å². The third-order valence-electron chi connectivity index (χ3n) is 4.67. The van der Waals surface area contributed by atoms with Crippen molar-refractivity contribution in [1.82, 2.24) is 0 Å². The maximum Gasteiger partial charge on any atom is 0.244 e. The Kier molecular flexibility index (Phi) is 3.66. The van der Waals surface area contributed by atoms with Crippen molar-refractivity contribution in [3.63, 3.8) is 0 Å². The summed E-state index contributed by atoms with van der Waals surface area (Å²) in [6.45, 7) is 1.73. The number of nitrogens with two attached hydrogens (primary N) is 1. The minimum Gasteiger partial charge on any atom is -0.320 e. The molecule has 4 nitrogen and oxygen atoms in total. The lowest BCUT2D eigenvalue weighted by Crippen LogP contribution is -2.49. The molecular formula is C19H18ClN3O. The van der Waals surface area contributed by atoms with Crippen LogP contribution in [0.15, 0.2) is 47.5 Å². The van der Waals surface area contributed by atoms with Gasteiger partial charge in [-0.15, -0.1) is 0 Å². The molecule has 5 heteroatoms. The summed E-state index contributed by atoms with van der Waals surface area (Å²) in [4.78, 5) is 19.3. The highest BCUT2D eigenvalue weighted by Crippen LogP contribution is 2.37. The van der Waals surface area contributed by atoms with E-state index in [-0.39, 0.29) is 11.9 Å². The molecule has 0 radical (unpaired) electrons. The van der Waals surface area contributed by atoms with E-state index in [2.05, 4.69) is 6.07 Å². The van der Waals surface area contributed by atoms with Gasteiger partial charge in [0.1, 0.15) is 0 Å². The molecular weight excluding hydrogens is 322 g/mol. The van der Waals surface area contributed by atoms with Gasteiger partial charge in [0.25, 0.3) is 0 Å². The molecule has 24 heavy (non-hydrogen) atoms. The summed E-state index contributed by atoms with van der Waals surface area (Å²) in [5.41, 5.74) is 11.0. The number of hydrogen-bond donors (Lipinski definition) is 1. The Morgan fingerprint density at radius 3 is 2.88 bits per heavy atom. The van der Waals surface area contributed by atoms with Gasteiger partial charge in [0.15, 0.2) is 0 Å². The van der Waals surface area contributed by atoms with Crippen molar-refractivity contribution in [3.8, 4) is 0 Å². The van der Waals surface area contributed by atoms with Crippen LogP contribution in [0.1, 0.15) is 18.1 Å². The molecule has 2 aliphatic rings. The molecule has 2 aromatic carbocycles. The SMILES string of the molecule is CC(N)C(=O)N1c2ccccc2CC1C1=Nc2cc(Cl)ccc2C1. The van der Waals surface area contributed by atoms with E-state index in [0.717, 1.165) is 41.1 Å². The fraction of sp³-hybridized carbons (Fsp3) is 0.263. The minimum absolute atomic E-state index is 0.0679. The lowest BCUT2D eigenvalue weighted by molar-refractivity contribution is -0.119. The monoisotopic (exact) mass is 339 g/mol. The molecule has 2 unspecified atom stereocenters. The van der Waals surface area contributed by atoms with E-state index in [1.807, 2.05) is 41.3 Å². The minimum atomic E-state index is -0.544. The number of amides is 1. The van der Waals surface area contributed by atoms with E-state index in [1.165, 1.54) is 0 Å². The molecule has 2 atom stereocenters. The van der Waals surface area contributed by atoms with Crippen molar-refractivity contribution in [2.45, 2.75) is 31.8 Å². The third kappa shape index (κ3) is 2.43. The maximum absolute atomic E-state index is 12.7. The Hall–Kier alpha value is -2.17. The molecule has 2 aromatic rings. The molecule has 4 rings (SSSR count). The Morgan fingerprint density at radius 1 is 1.29 bits per heavy atom. The smallest absolute Gasteiger partial charge is 0.244 e. The van der Waals surface area contributed by atoms with E-state index < -0.39 is 6.04 Å². The molecule has 122 valence electrons. The number of aliphatic imine (C=N–C) groups is 1. The molecule has 0 saturated carbocycles. The van der Waals surface area contributed by atoms with Gasteiger partial charge in [0.05, 0.1) is 17.8 Å². The molecule has 2 heterocycles. The van der Waals surface area contributed by atoms with Crippen LogP contribution in [0.2, 0.25) is 5.02 Å². The standard InChI is InChI=1S/C19H18ClN3O/c1-11(21)19(24)23-17-5-3-2-4-13(17)9-18(23)16-8-12-6-7-14(20)10-15(12)22-16/h2-7,10-11,18H,8-9,21H2,1H3. The Morgan fingerprint density at radius 2 is 2.08 bits per heavy atom. The van der Waals surface area contributed by atoms with Crippen LogP contribution in [-0.2, 0) is 17.6 Å². The highest BCUT2D eigenvalue weighted by Gasteiger charge is 2.38. The topological polar surface area (TPSA) is 58.7 Å². The molecule has 0 aromatic heterocycles. The first kappa shape index (κ1) is 15.4. The van der Waals surface area contributed by atoms with E-state index in [1.54, 1.807) is 6.92 Å². The number of para-hydroxylation sites is 1. The second kappa shape index (κ2) is 5.72. The van der Waals surface area contributed by atoms with Crippen LogP contribution in [0, 0.1) is 0 Å². The van der Waals surface area contributed by atoms with Gasteiger partial charge in [-0.3, -0.25) is 9.79 Å². The Bertz CT molecular complexity index is 859. The predicted molar refractivity (Wildman–Crippen MR) is 97.3 cm³/mol. The average molecular weight is 340 g/mol. The number of carbonyl (C=O) groups excluding carboxylic acids is 1. The number of halogens is 1. The van der Waals surface area contributed by atoms with Crippen molar-refractivity contribution < 1.29 is 4.79 Å². The van der Waals surface area contributed by atoms with E-state index in [9.17, 15) is 4.79 Å². The van der Waals surface area contributed by atoms with Crippen molar-refractivity contribution in [1.29, 1.82) is 0 Å². The van der Waals surface area contributed by atoms with Gasteiger partial charge in [-0.25, -0.2) is 0 Å². The van der Waals surface area contributed by atoms with Gasteiger partial charge >= 0.3 is 0 Å². The fourth-order valence-corrected chi connectivity index (χ4v) is 3.68. The number of fused-ring (bicyclic) bond motifs is 2. The molecule has 0 fully saturated rings. The van der Waals surface area contributed by atoms with Gasteiger partial charge < -0.3 is 10.6 Å². The molecule has 0 bridgehead atoms. The Labute approximate surface area is 145 Å². The lowest BCUT2D eigenvalue weighted by Gasteiger charge is -2.27. The third-order valence-corrected chi connectivity index (χ3v) is 4.91. The summed E-state index contributed by atoms with van der Waals surface area (Å²) in [5.74, 6) is -0.0679. The molecule has 2 aliphatic heterocycles. The average Bonchev–Trinajstić information content (AvgIpc) is 3.14. The molecule has 1 amide bonds. The quantitative estimate of drug-likeness (QED) is 0.912. The summed E-state index contributed by atoms with van der Waals surface area (Å²) in [6.07, 6.45) is 1.52. The van der Waals surface area contributed by atoms with Gasteiger partial charge in [-0.2, -0.15) is 0 Å². The van der Waals surface area contributed by atoms with E-state index in [4.69, 9.17) is 22.3 Å². The summed E-state index contributed by atoms with van der Waals surface area (Å²) < 4.78 is 0. The lowest BCUT2D eigenvalue weighted by atomic mass is 10.0. The molecule has 0 saturated heterocycles. The second-order valence-electron chi connectivity index (χ2n) is 6.40. The van der Waals surface area contributed by atoms with Gasteiger partial charge in [0.2, 0.25) is 5.91 Å². The summed E-state index contributed by atoms with van der Waals surface area (Å²) in [6, 6.07) is 13.1. The number of nitrogens with zero attached hydrogens (tertiary/aromatic N) is 2. The summed E-state index contributed by atoms with van der Waals surface area (Å²) in [7, 11) is 0. The van der Waals surface area contributed by atoms with Crippen LogP contribution in [0.5, 0.6) is 0 Å². The molecule has 0 spiro atoms. The highest BCUT2D eigenvalue weighted by molar-refractivity contribution is 6.31. The zero-order valence-corrected chi connectivity index (χ0v) is 14.1. The van der Waals surface area contributed by atoms with Gasteiger partial charge in [-0.05, 0) is 36.2 Å². The predicted octanol–water partition coefficient (Wildman–Crippen LogP) is 3.27. The van der Waals surface area contributed by atoms with E-state index in [0.29, 0.717) is 5.02 Å². The van der Waals surface area contributed by atoms with Gasteiger partial charge in [-0.1, -0.05) is 35.9 Å². The van der Waals surface area contributed by atoms with Crippen molar-refractivity contribution in [2.75, 3.05) is 4.90 Å². The summed E-state index contributed by atoms with van der Waals surface area (Å²) >= 11 is 6.07. The molecule has 2 N–H and O–H groups in total. The van der Waals surface area contributed by atoms with Crippen LogP contribution >= 0.6 is 11.6 Å². The summed E-state index contributed by atoms with van der Waals surface area (Å²) in [5, 5.41) is 0.678. The van der Waals surface area contributed by atoms with Gasteiger partial charge in [0, 0.05) is 29.3 Å². The van der Waals surface area contributed by atoms with Crippen LogP contribution in [0.3, 0.4) is 0 Å². The van der Waals surface area contributed by atoms with Crippen LogP contribution in [0.4, 0.5) is 11.4 Å². The normalized spacial score (nSPS) is 19.7. The number of anilines is 1. The highest BCUT2D eigenvalue weighted by atomic mass is 35.5. The number of carbonyl (C=O) groups is 1. The number of benzene rings is 2. The first-order valence-corrected chi connectivity index (χ1v) is 8.45. The fourth-order valence-electron chi connectivity index (χ4n) is 3.52. The zero-order chi connectivity index (χ0) is 16.8. The first-order chi connectivity index (χ1) is 11.5. The second-order valence-corrected chi connectivity index (χ2v) is 6.83. The maximum atomic E-state index is 12.7. The van der Waals surface area contributed by atoms with E-state index >= 15 is 0 Å².